The van der Waals surface area contributed by atoms with Gasteiger partial charge >= 0.3 is 0 Å². The third kappa shape index (κ3) is 6.36. The Labute approximate surface area is 164 Å². The van der Waals surface area contributed by atoms with Gasteiger partial charge < -0.3 is 14.5 Å². The van der Waals surface area contributed by atoms with Crippen LogP contribution in [0.25, 0.3) is 0 Å². The van der Waals surface area contributed by atoms with Crippen molar-refractivity contribution in [3.63, 3.8) is 0 Å². The highest BCUT2D eigenvalue weighted by molar-refractivity contribution is 6.32. The van der Waals surface area contributed by atoms with E-state index in [0.717, 1.165) is 0 Å². The molecular weight excluding hydrogens is 373 g/mol. The second-order valence-electron chi connectivity index (χ2n) is 6.40. The first-order valence-corrected chi connectivity index (χ1v) is 9.68. The van der Waals surface area contributed by atoms with E-state index in [4.69, 9.17) is 16.3 Å². The monoisotopic (exact) mass is 399 g/mol. The molecule has 1 aromatic rings. The number of amides is 2. The second-order valence-corrected chi connectivity index (χ2v) is 6.80. The van der Waals surface area contributed by atoms with Crippen LogP contribution < -0.4 is 4.74 Å². The Hall–Kier alpha value is -1.86. The van der Waals surface area contributed by atoms with Crippen LogP contribution in [0, 0.1) is 5.82 Å². The van der Waals surface area contributed by atoms with E-state index in [-0.39, 0.29) is 29.9 Å². The average Bonchev–Trinajstić information content (AvgIpc) is 2.65. The summed E-state index contributed by atoms with van der Waals surface area (Å²) in [5.74, 6) is 0.0682. The zero-order valence-electron chi connectivity index (χ0n) is 15.9. The fraction of sp³-hybridized carbons (Fsp3) is 0.579. The molecule has 8 heteroatoms. The topological polar surface area (TPSA) is 53.1 Å². The Morgan fingerprint density at radius 3 is 2.44 bits per heavy atom. The molecule has 1 aromatic carbocycles. The van der Waals surface area contributed by atoms with Gasteiger partial charge in [-0.05, 0) is 32.0 Å². The molecule has 0 bridgehead atoms. The summed E-state index contributed by atoms with van der Waals surface area (Å²) in [5, 5.41) is 0.189. The number of carbonyl (C=O) groups excluding carboxylic acids is 2. The van der Waals surface area contributed by atoms with Gasteiger partial charge in [-0.15, -0.1) is 0 Å². The number of nitrogens with zero attached hydrogens (tertiary/aromatic N) is 3. The van der Waals surface area contributed by atoms with Crippen LogP contribution in [0.5, 0.6) is 5.75 Å². The average molecular weight is 400 g/mol. The lowest BCUT2D eigenvalue weighted by atomic mass is 10.2. The first-order chi connectivity index (χ1) is 12.9. The van der Waals surface area contributed by atoms with Gasteiger partial charge in [-0.3, -0.25) is 14.5 Å². The number of hydrogen-bond acceptors (Lipinski definition) is 4. The molecular formula is C19H27ClFN3O3. The molecule has 0 aromatic heterocycles. The lowest BCUT2D eigenvalue weighted by molar-refractivity contribution is -0.135. The quantitative estimate of drug-likeness (QED) is 0.673. The summed E-state index contributed by atoms with van der Waals surface area (Å²) in [6.45, 7) is 8.52. The highest BCUT2D eigenvalue weighted by Crippen LogP contribution is 2.24. The Bertz CT molecular complexity index is 647. The Kier molecular flexibility index (Phi) is 8.31. The van der Waals surface area contributed by atoms with Crippen molar-refractivity contribution in [2.45, 2.75) is 20.3 Å². The molecule has 2 amide bonds. The normalized spacial score (nSPS) is 14.9. The van der Waals surface area contributed by atoms with Crippen molar-refractivity contribution in [1.82, 2.24) is 14.7 Å². The zero-order chi connectivity index (χ0) is 19.8. The van der Waals surface area contributed by atoms with Crippen molar-refractivity contribution < 1.29 is 18.7 Å². The number of carbonyl (C=O) groups is 2. The van der Waals surface area contributed by atoms with Gasteiger partial charge in [0.25, 0.3) is 0 Å². The van der Waals surface area contributed by atoms with E-state index >= 15 is 0 Å². The fourth-order valence-electron chi connectivity index (χ4n) is 3.02. The lowest BCUT2D eigenvalue weighted by Crippen LogP contribution is -2.51. The van der Waals surface area contributed by atoms with Crippen molar-refractivity contribution in [2.24, 2.45) is 0 Å². The number of hydrogen-bond donors (Lipinski definition) is 0. The summed E-state index contributed by atoms with van der Waals surface area (Å²) in [5.41, 5.74) is 0. The van der Waals surface area contributed by atoms with E-state index in [0.29, 0.717) is 51.6 Å². The molecule has 1 fully saturated rings. The van der Waals surface area contributed by atoms with Crippen molar-refractivity contribution in [3.05, 3.63) is 29.0 Å². The van der Waals surface area contributed by atoms with E-state index in [9.17, 15) is 14.0 Å². The van der Waals surface area contributed by atoms with Gasteiger partial charge in [0.1, 0.15) is 11.6 Å². The minimum absolute atomic E-state index is 0.00273. The Morgan fingerprint density at radius 2 is 1.85 bits per heavy atom. The number of halogens is 2. The first kappa shape index (κ1) is 21.4. The lowest BCUT2D eigenvalue weighted by Gasteiger charge is -2.35. The summed E-state index contributed by atoms with van der Waals surface area (Å²) in [6.07, 6.45) is 0.228. The maximum atomic E-state index is 13.0. The maximum absolute atomic E-state index is 13.0. The fourth-order valence-corrected chi connectivity index (χ4v) is 3.24. The van der Waals surface area contributed by atoms with E-state index in [2.05, 4.69) is 4.90 Å². The van der Waals surface area contributed by atoms with E-state index in [1.54, 1.807) is 4.90 Å². The number of ether oxygens (including phenoxy) is 1. The summed E-state index contributed by atoms with van der Waals surface area (Å²) >= 11 is 5.90. The summed E-state index contributed by atoms with van der Waals surface area (Å²) in [4.78, 5) is 30.2. The summed E-state index contributed by atoms with van der Waals surface area (Å²) in [6, 6.07) is 3.90. The number of likely N-dealkylation sites (N-methyl/N-ethyl adjacent to an activating group) is 1. The molecule has 0 saturated carbocycles. The standard InChI is InChI=1S/C19H27ClFN3O3/c1-3-23(4-2)19(26)14-22-8-10-24(11-9-22)18(25)7-12-27-17-6-5-15(21)13-16(17)20/h5-6,13H,3-4,7-12,14H2,1-2H3. The van der Waals surface area contributed by atoms with Gasteiger partial charge in [0.2, 0.25) is 11.8 Å². The van der Waals surface area contributed by atoms with Crippen LogP contribution in [0.15, 0.2) is 18.2 Å². The zero-order valence-corrected chi connectivity index (χ0v) is 16.7. The SMILES string of the molecule is CCN(CC)C(=O)CN1CCN(C(=O)CCOc2ccc(F)cc2Cl)CC1. The first-order valence-electron chi connectivity index (χ1n) is 9.30. The van der Waals surface area contributed by atoms with Gasteiger partial charge in [0, 0.05) is 39.3 Å². The van der Waals surface area contributed by atoms with Crippen LogP contribution in [0.4, 0.5) is 4.39 Å². The van der Waals surface area contributed by atoms with E-state index in [1.807, 2.05) is 18.7 Å². The largest absolute Gasteiger partial charge is 0.491 e. The van der Waals surface area contributed by atoms with Crippen molar-refractivity contribution in [3.8, 4) is 5.75 Å². The predicted octanol–water partition coefficient (Wildman–Crippen LogP) is 2.26. The minimum Gasteiger partial charge on any atom is -0.491 e. The van der Waals surface area contributed by atoms with Crippen molar-refractivity contribution in [2.75, 3.05) is 52.4 Å². The van der Waals surface area contributed by atoms with Crippen LogP contribution in [0.3, 0.4) is 0 Å². The van der Waals surface area contributed by atoms with Crippen LogP contribution in [0.1, 0.15) is 20.3 Å². The third-order valence-corrected chi connectivity index (χ3v) is 4.96. The van der Waals surface area contributed by atoms with Gasteiger partial charge in [-0.25, -0.2) is 4.39 Å². The Balaban J connectivity index is 1.71. The summed E-state index contributed by atoms with van der Waals surface area (Å²) < 4.78 is 18.5. The minimum atomic E-state index is -0.430. The van der Waals surface area contributed by atoms with Crippen molar-refractivity contribution >= 4 is 23.4 Å². The van der Waals surface area contributed by atoms with Crippen LogP contribution in [-0.4, -0.2) is 78.9 Å². The van der Waals surface area contributed by atoms with Gasteiger partial charge in [-0.1, -0.05) is 11.6 Å². The molecule has 150 valence electrons. The molecule has 1 saturated heterocycles. The van der Waals surface area contributed by atoms with Gasteiger partial charge in [0.15, 0.2) is 0 Å². The highest BCUT2D eigenvalue weighted by Gasteiger charge is 2.23. The molecule has 0 aliphatic carbocycles. The van der Waals surface area contributed by atoms with Crippen LogP contribution >= 0.6 is 11.6 Å². The van der Waals surface area contributed by atoms with E-state index in [1.165, 1.54) is 18.2 Å². The van der Waals surface area contributed by atoms with Crippen LogP contribution in [0.2, 0.25) is 5.02 Å². The third-order valence-electron chi connectivity index (χ3n) is 4.67. The molecule has 0 unspecified atom stereocenters. The number of piperazine rings is 1. The maximum Gasteiger partial charge on any atom is 0.236 e. The van der Waals surface area contributed by atoms with Crippen molar-refractivity contribution in [1.29, 1.82) is 0 Å². The molecule has 1 heterocycles. The molecule has 0 spiro atoms. The molecule has 0 atom stereocenters. The molecule has 0 N–H and O–H groups in total. The molecule has 1 aliphatic heterocycles. The van der Waals surface area contributed by atoms with Gasteiger partial charge in [0.05, 0.1) is 24.6 Å². The number of benzene rings is 1. The van der Waals surface area contributed by atoms with E-state index < -0.39 is 5.82 Å². The molecule has 6 nitrogen and oxygen atoms in total. The summed E-state index contributed by atoms with van der Waals surface area (Å²) in [7, 11) is 0. The van der Waals surface area contributed by atoms with Crippen LogP contribution in [-0.2, 0) is 9.59 Å². The molecule has 27 heavy (non-hydrogen) atoms. The number of rotatable bonds is 8. The molecule has 0 radical (unpaired) electrons. The molecule has 2 rings (SSSR count). The Morgan fingerprint density at radius 1 is 1.19 bits per heavy atom. The smallest absolute Gasteiger partial charge is 0.236 e. The second kappa shape index (κ2) is 10.5. The van der Waals surface area contributed by atoms with Gasteiger partial charge in [-0.2, -0.15) is 0 Å². The highest BCUT2D eigenvalue weighted by atomic mass is 35.5. The predicted molar refractivity (Wildman–Crippen MR) is 102 cm³/mol. The molecule has 1 aliphatic rings.